The monoisotopic (exact) mass is 298 g/mol. The number of anilines is 1. The zero-order valence-electron chi connectivity index (χ0n) is 12.4. The molecule has 0 aliphatic heterocycles. The lowest BCUT2D eigenvalue weighted by Gasteiger charge is -2.21. The van der Waals surface area contributed by atoms with Gasteiger partial charge in [-0.1, -0.05) is 19.1 Å². The highest BCUT2D eigenvalue weighted by Crippen LogP contribution is 2.19. The predicted octanol–water partition coefficient (Wildman–Crippen LogP) is 1.56. The Hall–Kier alpha value is -1.40. The van der Waals surface area contributed by atoms with Gasteiger partial charge < -0.3 is 10.6 Å². The fourth-order valence-electron chi connectivity index (χ4n) is 1.48. The van der Waals surface area contributed by atoms with Gasteiger partial charge in [0.2, 0.25) is 5.91 Å². The van der Waals surface area contributed by atoms with E-state index in [1.54, 1.807) is 6.07 Å². The Morgan fingerprint density at radius 3 is 2.50 bits per heavy atom. The Morgan fingerprint density at radius 1 is 1.30 bits per heavy atom. The second kappa shape index (κ2) is 6.37. The average Bonchev–Trinajstić information content (AvgIpc) is 2.35. The highest BCUT2D eigenvalue weighted by atomic mass is 32.2. The molecule has 0 aliphatic rings. The molecule has 5 nitrogen and oxygen atoms in total. The summed E-state index contributed by atoms with van der Waals surface area (Å²) >= 11 is 0. The van der Waals surface area contributed by atoms with E-state index in [2.05, 4.69) is 10.6 Å². The van der Waals surface area contributed by atoms with Crippen LogP contribution in [0.15, 0.2) is 24.3 Å². The Labute approximate surface area is 120 Å². The average molecular weight is 298 g/mol. The summed E-state index contributed by atoms with van der Waals surface area (Å²) in [4.78, 5) is 12.1. The molecule has 112 valence electrons. The molecule has 0 fully saturated rings. The number of carbonyl (C=O) groups is 1. The molecule has 0 aliphatic carbocycles. The van der Waals surface area contributed by atoms with Crippen LogP contribution in [0.1, 0.15) is 26.3 Å². The molecular weight excluding hydrogens is 276 g/mol. The topological polar surface area (TPSA) is 75.3 Å². The first kappa shape index (κ1) is 16.7. The Balaban J connectivity index is 2.86. The summed E-state index contributed by atoms with van der Waals surface area (Å²) in [7, 11) is -3.47. The smallest absolute Gasteiger partial charge is 0.245 e. The minimum atomic E-state index is -3.47. The van der Waals surface area contributed by atoms with Crippen LogP contribution >= 0.6 is 0 Å². The maximum absolute atomic E-state index is 12.1. The van der Waals surface area contributed by atoms with Crippen LogP contribution in [0.4, 0.5) is 5.69 Å². The Kier molecular flexibility index (Phi) is 5.30. The van der Waals surface area contributed by atoms with Crippen LogP contribution in [-0.2, 0) is 21.2 Å². The van der Waals surface area contributed by atoms with Gasteiger partial charge in [-0.15, -0.1) is 0 Å². The molecule has 1 rings (SSSR count). The lowest BCUT2D eigenvalue weighted by atomic mass is 10.1. The molecule has 0 spiro atoms. The molecule has 0 atom stereocenters. The third-order valence-corrected chi connectivity index (χ3v) is 5.28. The molecule has 0 aromatic heterocycles. The SMILES string of the molecule is CCNCc1cccc(NC(=O)C(C)(C)S(C)(=O)=O)c1. The van der Waals surface area contributed by atoms with E-state index in [0.717, 1.165) is 18.4 Å². The lowest BCUT2D eigenvalue weighted by molar-refractivity contribution is -0.117. The second-order valence-electron chi connectivity index (χ2n) is 5.22. The highest BCUT2D eigenvalue weighted by Gasteiger charge is 2.38. The van der Waals surface area contributed by atoms with Crippen LogP contribution in [0.2, 0.25) is 0 Å². The minimum absolute atomic E-state index is 0.527. The van der Waals surface area contributed by atoms with Crippen molar-refractivity contribution in [2.45, 2.75) is 32.1 Å². The Morgan fingerprint density at radius 2 is 1.95 bits per heavy atom. The molecule has 2 N–H and O–H groups in total. The molecule has 1 amide bonds. The van der Waals surface area contributed by atoms with Crippen LogP contribution < -0.4 is 10.6 Å². The number of rotatable bonds is 6. The van der Waals surface area contributed by atoms with Gasteiger partial charge >= 0.3 is 0 Å². The quantitative estimate of drug-likeness (QED) is 0.835. The van der Waals surface area contributed by atoms with Crippen molar-refractivity contribution in [2.24, 2.45) is 0 Å². The molecule has 0 saturated heterocycles. The largest absolute Gasteiger partial charge is 0.325 e. The van der Waals surface area contributed by atoms with Crippen LogP contribution in [0.5, 0.6) is 0 Å². The first-order valence-electron chi connectivity index (χ1n) is 6.49. The molecule has 0 bridgehead atoms. The first-order valence-corrected chi connectivity index (χ1v) is 8.38. The zero-order valence-corrected chi connectivity index (χ0v) is 13.2. The Bertz CT molecular complexity index is 580. The van der Waals surface area contributed by atoms with Gasteiger partial charge in [0.1, 0.15) is 4.75 Å². The van der Waals surface area contributed by atoms with Gasteiger partial charge in [0.05, 0.1) is 0 Å². The summed E-state index contributed by atoms with van der Waals surface area (Å²) in [5.41, 5.74) is 1.63. The standard InChI is InChI=1S/C14H22N2O3S/c1-5-15-10-11-7-6-8-12(9-11)16-13(17)14(2,3)20(4,18)19/h6-9,15H,5,10H2,1-4H3,(H,16,17). The van der Waals surface area contributed by atoms with E-state index < -0.39 is 20.5 Å². The maximum atomic E-state index is 12.1. The minimum Gasteiger partial charge on any atom is -0.325 e. The van der Waals surface area contributed by atoms with E-state index >= 15 is 0 Å². The van der Waals surface area contributed by atoms with Crippen molar-refractivity contribution >= 4 is 21.4 Å². The van der Waals surface area contributed by atoms with Crippen molar-refractivity contribution in [1.29, 1.82) is 0 Å². The van der Waals surface area contributed by atoms with E-state index in [1.165, 1.54) is 13.8 Å². The predicted molar refractivity (Wildman–Crippen MR) is 81.4 cm³/mol. The van der Waals surface area contributed by atoms with Crippen molar-refractivity contribution in [3.8, 4) is 0 Å². The van der Waals surface area contributed by atoms with E-state index in [0.29, 0.717) is 12.2 Å². The number of carbonyl (C=O) groups excluding carboxylic acids is 1. The molecule has 1 aromatic carbocycles. The summed E-state index contributed by atoms with van der Waals surface area (Å²) < 4.78 is 21.8. The van der Waals surface area contributed by atoms with Gasteiger partial charge in [0.25, 0.3) is 0 Å². The van der Waals surface area contributed by atoms with E-state index in [4.69, 9.17) is 0 Å². The number of sulfone groups is 1. The van der Waals surface area contributed by atoms with Crippen LogP contribution in [0.25, 0.3) is 0 Å². The zero-order chi connectivity index (χ0) is 15.4. The van der Waals surface area contributed by atoms with E-state index in [1.807, 2.05) is 25.1 Å². The van der Waals surface area contributed by atoms with Crippen molar-refractivity contribution in [1.82, 2.24) is 5.32 Å². The molecule has 0 unspecified atom stereocenters. The van der Waals surface area contributed by atoms with Gasteiger partial charge in [0.15, 0.2) is 9.84 Å². The van der Waals surface area contributed by atoms with Gasteiger partial charge in [-0.05, 0) is 38.1 Å². The molecule has 6 heteroatoms. The number of hydrogen-bond acceptors (Lipinski definition) is 4. The number of hydrogen-bond donors (Lipinski definition) is 2. The number of nitrogens with one attached hydrogen (secondary N) is 2. The van der Waals surface area contributed by atoms with Crippen LogP contribution in [0.3, 0.4) is 0 Å². The van der Waals surface area contributed by atoms with Crippen molar-refractivity contribution in [2.75, 3.05) is 18.1 Å². The van der Waals surface area contributed by atoms with Crippen molar-refractivity contribution in [3.63, 3.8) is 0 Å². The molecule has 0 saturated carbocycles. The molecular formula is C14H22N2O3S. The van der Waals surface area contributed by atoms with E-state index in [-0.39, 0.29) is 0 Å². The second-order valence-corrected chi connectivity index (χ2v) is 7.78. The van der Waals surface area contributed by atoms with Gasteiger partial charge in [0, 0.05) is 18.5 Å². The normalized spacial score (nSPS) is 12.2. The molecule has 1 aromatic rings. The van der Waals surface area contributed by atoms with Crippen LogP contribution in [0, 0.1) is 0 Å². The van der Waals surface area contributed by atoms with Gasteiger partial charge in [-0.25, -0.2) is 8.42 Å². The maximum Gasteiger partial charge on any atom is 0.245 e. The fourth-order valence-corrected chi connectivity index (χ4v) is 1.87. The third kappa shape index (κ3) is 4.05. The summed E-state index contributed by atoms with van der Waals surface area (Å²) in [6, 6.07) is 7.35. The first-order chi connectivity index (χ1) is 9.18. The fraction of sp³-hybridized carbons (Fsp3) is 0.500. The molecule has 0 heterocycles. The summed E-state index contributed by atoms with van der Waals surface area (Å²) in [6.07, 6.45) is 1.06. The summed E-state index contributed by atoms with van der Waals surface area (Å²) in [5, 5.41) is 5.85. The van der Waals surface area contributed by atoms with E-state index in [9.17, 15) is 13.2 Å². The van der Waals surface area contributed by atoms with Crippen LogP contribution in [-0.4, -0.2) is 31.9 Å². The molecule has 0 radical (unpaired) electrons. The number of benzene rings is 1. The van der Waals surface area contributed by atoms with Gasteiger partial charge in [-0.3, -0.25) is 4.79 Å². The van der Waals surface area contributed by atoms with Gasteiger partial charge in [-0.2, -0.15) is 0 Å². The lowest BCUT2D eigenvalue weighted by Crippen LogP contribution is -2.43. The molecule has 20 heavy (non-hydrogen) atoms. The summed E-state index contributed by atoms with van der Waals surface area (Å²) in [5.74, 6) is -0.527. The number of amides is 1. The highest BCUT2D eigenvalue weighted by molar-refractivity contribution is 7.92. The van der Waals surface area contributed by atoms with Crippen molar-refractivity contribution in [3.05, 3.63) is 29.8 Å². The van der Waals surface area contributed by atoms with Crippen molar-refractivity contribution < 1.29 is 13.2 Å². The summed E-state index contributed by atoms with van der Waals surface area (Å²) in [6.45, 7) is 6.38. The third-order valence-electron chi connectivity index (χ3n) is 3.24.